The van der Waals surface area contributed by atoms with Crippen LogP contribution in [0.25, 0.3) is 0 Å². The van der Waals surface area contributed by atoms with E-state index < -0.39 is 0 Å². The number of anilines is 2. The first-order chi connectivity index (χ1) is 8.28. The Morgan fingerprint density at radius 1 is 1.53 bits per heavy atom. The van der Waals surface area contributed by atoms with Gasteiger partial charge in [-0.3, -0.25) is 10.4 Å². The minimum absolute atomic E-state index is 0.190. The van der Waals surface area contributed by atoms with Gasteiger partial charge in [0.1, 0.15) is 11.6 Å². The maximum atomic E-state index is 11.6. The molecule has 1 saturated heterocycles. The molecule has 0 atom stereocenters. The lowest BCUT2D eigenvalue weighted by atomic mass is 10.1. The van der Waals surface area contributed by atoms with Crippen LogP contribution >= 0.6 is 0 Å². The first kappa shape index (κ1) is 11.7. The van der Waals surface area contributed by atoms with E-state index in [0.29, 0.717) is 24.8 Å². The smallest absolute Gasteiger partial charge is 0.320 e. The van der Waals surface area contributed by atoms with Gasteiger partial charge in [0.15, 0.2) is 0 Å². The van der Waals surface area contributed by atoms with Crippen molar-refractivity contribution >= 4 is 17.7 Å². The normalized spacial score (nSPS) is 16.5. The fourth-order valence-corrected chi connectivity index (χ4v) is 1.70. The Kier molecular flexibility index (Phi) is 3.81. The highest BCUT2D eigenvalue weighted by molar-refractivity contribution is 5.88. The Labute approximate surface area is 99.3 Å². The highest BCUT2D eigenvalue weighted by atomic mass is 16.5. The molecule has 7 heteroatoms. The minimum Gasteiger partial charge on any atom is -0.381 e. The number of hydrogen-bond acceptors (Lipinski definition) is 4. The molecule has 1 aromatic rings. The predicted octanol–water partition coefficient (Wildman–Crippen LogP) is 0.752. The zero-order valence-electron chi connectivity index (χ0n) is 9.75. The van der Waals surface area contributed by atoms with Crippen LogP contribution in [0, 0.1) is 0 Å². The molecule has 0 bridgehead atoms. The lowest BCUT2D eigenvalue weighted by Crippen LogP contribution is -2.41. The number of carbonyl (C=O) groups is 1. The van der Waals surface area contributed by atoms with Crippen LogP contribution in [0.3, 0.4) is 0 Å². The van der Waals surface area contributed by atoms with Gasteiger partial charge in [0, 0.05) is 32.4 Å². The van der Waals surface area contributed by atoms with Crippen molar-refractivity contribution in [1.29, 1.82) is 0 Å². The molecule has 1 aromatic heterocycles. The van der Waals surface area contributed by atoms with E-state index in [1.165, 1.54) is 0 Å². The standard InChI is InChI=1S/C10H17N5O2/c1-11-8-6-9(15-14-8)13-10(16)12-7-2-4-17-5-3-7/h6-7H,2-5H2,1H3,(H4,11,12,13,14,15,16). The van der Waals surface area contributed by atoms with E-state index in [-0.39, 0.29) is 12.1 Å². The SMILES string of the molecule is CNc1cc(NC(=O)NC2CCOCC2)[nH]n1. The third-order valence-corrected chi connectivity index (χ3v) is 2.64. The number of nitrogens with one attached hydrogen (secondary N) is 4. The van der Waals surface area contributed by atoms with Crippen molar-refractivity contribution in [2.75, 3.05) is 30.9 Å². The van der Waals surface area contributed by atoms with Crippen LogP contribution in [0.2, 0.25) is 0 Å². The van der Waals surface area contributed by atoms with E-state index in [1.54, 1.807) is 13.1 Å². The number of aromatic nitrogens is 2. The molecular formula is C10H17N5O2. The zero-order valence-corrected chi connectivity index (χ0v) is 9.75. The van der Waals surface area contributed by atoms with E-state index >= 15 is 0 Å². The number of nitrogens with zero attached hydrogens (tertiary/aromatic N) is 1. The maximum absolute atomic E-state index is 11.6. The summed E-state index contributed by atoms with van der Waals surface area (Å²) in [5, 5.41) is 15.1. The van der Waals surface area contributed by atoms with Crippen LogP contribution in [0.15, 0.2) is 6.07 Å². The molecule has 17 heavy (non-hydrogen) atoms. The average molecular weight is 239 g/mol. The maximum Gasteiger partial charge on any atom is 0.320 e. The van der Waals surface area contributed by atoms with Crippen LogP contribution in [0.4, 0.5) is 16.4 Å². The summed E-state index contributed by atoms with van der Waals surface area (Å²) in [7, 11) is 1.77. The minimum atomic E-state index is -0.219. The lowest BCUT2D eigenvalue weighted by Gasteiger charge is -2.22. The van der Waals surface area contributed by atoms with Gasteiger partial charge in [-0.05, 0) is 12.8 Å². The second kappa shape index (κ2) is 5.53. The van der Waals surface area contributed by atoms with E-state index in [9.17, 15) is 4.79 Å². The van der Waals surface area contributed by atoms with E-state index in [0.717, 1.165) is 12.8 Å². The first-order valence-corrected chi connectivity index (χ1v) is 5.66. The van der Waals surface area contributed by atoms with Crippen molar-refractivity contribution in [3.05, 3.63) is 6.07 Å². The molecule has 0 aliphatic carbocycles. The quantitative estimate of drug-likeness (QED) is 0.626. The summed E-state index contributed by atoms with van der Waals surface area (Å²) < 4.78 is 5.22. The Morgan fingerprint density at radius 2 is 2.29 bits per heavy atom. The van der Waals surface area contributed by atoms with Gasteiger partial charge in [-0.25, -0.2) is 4.79 Å². The van der Waals surface area contributed by atoms with Crippen molar-refractivity contribution in [2.45, 2.75) is 18.9 Å². The third-order valence-electron chi connectivity index (χ3n) is 2.64. The Balaban J connectivity index is 1.79. The summed E-state index contributed by atoms with van der Waals surface area (Å²) in [5.41, 5.74) is 0. The van der Waals surface area contributed by atoms with Crippen LogP contribution in [-0.2, 0) is 4.74 Å². The Morgan fingerprint density at radius 3 is 2.94 bits per heavy atom. The molecule has 4 N–H and O–H groups in total. The Hall–Kier alpha value is -1.76. The van der Waals surface area contributed by atoms with Crippen LogP contribution in [-0.4, -0.2) is 42.5 Å². The Bertz CT molecular complexity index is 373. The van der Waals surface area contributed by atoms with E-state index in [1.807, 2.05) is 0 Å². The largest absolute Gasteiger partial charge is 0.381 e. The van der Waals surface area contributed by atoms with Crippen molar-refractivity contribution in [3.8, 4) is 0 Å². The molecule has 0 saturated carbocycles. The molecule has 2 amide bonds. The fraction of sp³-hybridized carbons (Fsp3) is 0.600. The van der Waals surface area contributed by atoms with Crippen molar-refractivity contribution in [2.24, 2.45) is 0 Å². The molecule has 1 fully saturated rings. The first-order valence-electron chi connectivity index (χ1n) is 5.66. The summed E-state index contributed by atoms with van der Waals surface area (Å²) in [5.74, 6) is 1.25. The average Bonchev–Trinajstić information content (AvgIpc) is 2.78. The van der Waals surface area contributed by atoms with Crippen molar-refractivity contribution < 1.29 is 9.53 Å². The third kappa shape index (κ3) is 3.35. The molecular weight excluding hydrogens is 222 g/mol. The van der Waals surface area contributed by atoms with Gasteiger partial charge in [-0.2, -0.15) is 5.10 Å². The van der Waals surface area contributed by atoms with Gasteiger partial charge in [-0.1, -0.05) is 0 Å². The molecule has 0 unspecified atom stereocenters. The monoisotopic (exact) mass is 239 g/mol. The number of urea groups is 1. The number of carbonyl (C=O) groups excluding carboxylic acids is 1. The molecule has 0 aromatic carbocycles. The molecule has 2 rings (SSSR count). The van der Waals surface area contributed by atoms with E-state index in [4.69, 9.17) is 4.74 Å². The number of amides is 2. The number of ether oxygens (including phenoxy) is 1. The van der Waals surface area contributed by atoms with Crippen LogP contribution in [0.1, 0.15) is 12.8 Å². The molecule has 7 nitrogen and oxygen atoms in total. The summed E-state index contributed by atoms with van der Waals surface area (Å²) in [6.07, 6.45) is 1.72. The lowest BCUT2D eigenvalue weighted by molar-refractivity contribution is 0.0806. The number of hydrogen-bond donors (Lipinski definition) is 4. The summed E-state index contributed by atoms with van der Waals surface area (Å²) in [4.78, 5) is 11.6. The predicted molar refractivity (Wildman–Crippen MR) is 64.1 cm³/mol. The van der Waals surface area contributed by atoms with Gasteiger partial charge in [-0.15, -0.1) is 0 Å². The van der Waals surface area contributed by atoms with Gasteiger partial charge in [0.25, 0.3) is 0 Å². The fourth-order valence-electron chi connectivity index (χ4n) is 1.70. The summed E-state index contributed by atoms with van der Waals surface area (Å²) in [6.45, 7) is 1.41. The zero-order chi connectivity index (χ0) is 12.1. The number of rotatable bonds is 3. The molecule has 0 radical (unpaired) electrons. The van der Waals surface area contributed by atoms with Gasteiger partial charge in [0.2, 0.25) is 0 Å². The highest BCUT2D eigenvalue weighted by Crippen LogP contribution is 2.10. The molecule has 1 aliphatic heterocycles. The summed E-state index contributed by atoms with van der Waals surface area (Å²) in [6, 6.07) is 1.70. The van der Waals surface area contributed by atoms with E-state index in [2.05, 4.69) is 26.1 Å². The second-order valence-corrected chi connectivity index (χ2v) is 3.90. The van der Waals surface area contributed by atoms with Crippen LogP contribution in [0.5, 0.6) is 0 Å². The summed E-state index contributed by atoms with van der Waals surface area (Å²) >= 11 is 0. The molecule has 1 aliphatic rings. The highest BCUT2D eigenvalue weighted by Gasteiger charge is 2.16. The number of H-pyrrole nitrogens is 1. The molecule has 2 heterocycles. The molecule has 0 spiro atoms. The number of aromatic amines is 1. The van der Waals surface area contributed by atoms with Crippen molar-refractivity contribution in [1.82, 2.24) is 15.5 Å². The second-order valence-electron chi connectivity index (χ2n) is 3.90. The van der Waals surface area contributed by atoms with Crippen molar-refractivity contribution in [3.63, 3.8) is 0 Å². The molecule has 94 valence electrons. The van der Waals surface area contributed by atoms with Gasteiger partial charge < -0.3 is 15.4 Å². The topological polar surface area (TPSA) is 91.1 Å². The van der Waals surface area contributed by atoms with Gasteiger partial charge in [0.05, 0.1) is 0 Å². The van der Waals surface area contributed by atoms with Crippen LogP contribution < -0.4 is 16.0 Å². The van der Waals surface area contributed by atoms with Gasteiger partial charge >= 0.3 is 6.03 Å².